The summed E-state index contributed by atoms with van der Waals surface area (Å²) in [6, 6.07) is 4.08. The first kappa shape index (κ1) is 9.19. The van der Waals surface area contributed by atoms with Crippen LogP contribution in [-0.4, -0.2) is 28.8 Å². The molecule has 3 nitrogen and oxygen atoms in total. The van der Waals surface area contributed by atoms with Gasteiger partial charge in [0, 0.05) is 31.9 Å². The van der Waals surface area contributed by atoms with E-state index < -0.39 is 0 Å². The lowest BCUT2D eigenvalue weighted by Crippen LogP contribution is -2.26. The lowest BCUT2D eigenvalue weighted by atomic mass is 10.2. The molecule has 1 aliphatic heterocycles. The predicted octanol–water partition coefficient (Wildman–Crippen LogP) is 1.70. The SMILES string of the molecule is N=C1CCCN1CCc1ccncc1. The number of pyridine rings is 1. The summed E-state index contributed by atoms with van der Waals surface area (Å²) in [7, 11) is 0. The molecule has 0 spiro atoms. The Morgan fingerprint density at radius 3 is 2.79 bits per heavy atom. The topological polar surface area (TPSA) is 40.0 Å². The summed E-state index contributed by atoms with van der Waals surface area (Å²) in [5, 5.41) is 7.69. The van der Waals surface area contributed by atoms with Crippen molar-refractivity contribution in [2.45, 2.75) is 19.3 Å². The highest BCUT2D eigenvalue weighted by atomic mass is 15.2. The van der Waals surface area contributed by atoms with Gasteiger partial charge in [-0.3, -0.25) is 10.4 Å². The van der Waals surface area contributed by atoms with E-state index in [1.807, 2.05) is 24.5 Å². The zero-order valence-corrected chi connectivity index (χ0v) is 8.24. The van der Waals surface area contributed by atoms with Crippen LogP contribution in [0.1, 0.15) is 18.4 Å². The van der Waals surface area contributed by atoms with Gasteiger partial charge in [-0.2, -0.15) is 0 Å². The number of amidine groups is 1. The van der Waals surface area contributed by atoms with Crippen molar-refractivity contribution < 1.29 is 0 Å². The molecular weight excluding hydrogens is 174 g/mol. The van der Waals surface area contributed by atoms with Crippen LogP contribution in [0, 0.1) is 5.41 Å². The van der Waals surface area contributed by atoms with Gasteiger partial charge in [0.15, 0.2) is 0 Å². The second kappa shape index (κ2) is 4.22. The third-order valence-electron chi connectivity index (χ3n) is 2.64. The average Bonchev–Trinajstić information content (AvgIpc) is 2.63. The zero-order chi connectivity index (χ0) is 9.80. The monoisotopic (exact) mass is 189 g/mol. The summed E-state index contributed by atoms with van der Waals surface area (Å²) >= 11 is 0. The fraction of sp³-hybridized carbons (Fsp3) is 0.455. The normalized spacial score (nSPS) is 16.3. The molecule has 14 heavy (non-hydrogen) atoms. The summed E-state index contributed by atoms with van der Waals surface area (Å²) in [6.45, 7) is 2.03. The highest BCUT2D eigenvalue weighted by Gasteiger charge is 2.15. The molecule has 3 heteroatoms. The van der Waals surface area contributed by atoms with Gasteiger partial charge < -0.3 is 4.90 Å². The molecule has 0 aliphatic carbocycles. The summed E-state index contributed by atoms with van der Waals surface area (Å²) < 4.78 is 0. The molecule has 1 N–H and O–H groups in total. The van der Waals surface area contributed by atoms with Gasteiger partial charge in [-0.05, 0) is 30.5 Å². The Hall–Kier alpha value is -1.38. The Kier molecular flexibility index (Phi) is 2.77. The smallest absolute Gasteiger partial charge is 0.0958 e. The van der Waals surface area contributed by atoms with Crippen molar-refractivity contribution in [3.63, 3.8) is 0 Å². The number of aromatic nitrogens is 1. The van der Waals surface area contributed by atoms with Gasteiger partial charge in [0.1, 0.15) is 0 Å². The fourth-order valence-corrected chi connectivity index (χ4v) is 1.79. The van der Waals surface area contributed by atoms with Crippen LogP contribution in [0.2, 0.25) is 0 Å². The summed E-state index contributed by atoms with van der Waals surface area (Å²) in [6.07, 6.45) is 6.77. The van der Waals surface area contributed by atoms with Crippen molar-refractivity contribution in [1.29, 1.82) is 5.41 Å². The van der Waals surface area contributed by atoms with Crippen LogP contribution in [0.25, 0.3) is 0 Å². The van der Waals surface area contributed by atoms with Gasteiger partial charge in [0.05, 0.1) is 5.84 Å². The number of hydrogen-bond acceptors (Lipinski definition) is 2. The average molecular weight is 189 g/mol. The lowest BCUT2D eigenvalue weighted by molar-refractivity contribution is 0.455. The number of hydrogen-bond donors (Lipinski definition) is 1. The van der Waals surface area contributed by atoms with E-state index in [0.717, 1.165) is 38.2 Å². The number of nitrogens with zero attached hydrogens (tertiary/aromatic N) is 2. The Labute approximate surface area is 84.3 Å². The molecule has 1 aromatic heterocycles. The largest absolute Gasteiger partial charge is 0.360 e. The summed E-state index contributed by atoms with van der Waals surface area (Å²) in [5.74, 6) is 0.805. The summed E-state index contributed by atoms with van der Waals surface area (Å²) in [4.78, 5) is 6.15. The zero-order valence-electron chi connectivity index (χ0n) is 8.24. The van der Waals surface area contributed by atoms with E-state index in [1.165, 1.54) is 5.56 Å². The Morgan fingerprint density at radius 1 is 1.36 bits per heavy atom. The first-order valence-corrected chi connectivity index (χ1v) is 5.07. The minimum absolute atomic E-state index is 0.805. The molecule has 1 aromatic rings. The third kappa shape index (κ3) is 2.10. The van der Waals surface area contributed by atoms with Crippen LogP contribution in [-0.2, 0) is 6.42 Å². The molecular formula is C11H15N3. The van der Waals surface area contributed by atoms with Crippen molar-refractivity contribution in [1.82, 2.24) is 9.88 Å². The quantitative estimate of drug-likeness (QED) is 0.786. The molecule has 0 unspecified atom stereocenters. The van der Waals surface area contributed by atoms with Crippen molar-refractivity contribution in [2.75, 3.05) is 13.1 Å². The number of rotatable bonds is 3. The van der Waals surface area contributed by atoms with E-state index in [-0.39, 0.29) is 0 Å². The molecule has 0 amide bonds. The maximum absolute atomic E-state index is 7.69. The highest BCUT2D eigenvalue weighted by Crippen LogP contribution is 2.10. The van der Waals surface area contributed by atoms with Crippen LogP contribution >= 0.6 is 0 Å². The minimum atomic E-state index is 0.805. The molecule has 0 saturated carbocycles. The molecule has 2 heterocycles. The van der Waals surface area contributed by atoms with E-state index in [2.05, 4.69) is 9.88 Å². The summed E-state index contributed by atoms with van der Waals surface area (Å²) in [5.41, 5.74) is 1.31. The second-order valence-corrected chi connectivity index (χ2v) is 3.64. The molecule has 1 saturated heterocycles. The van der Waals surface area contributed by atoms with Crippen molar-refractivity contribution in [2.24, 2.45) is 0 Å². The van der Waals surface area contributed by atoms with E-state index in [4.69, 9.17) is 5.41 Å². The molecule has 0 bridgehead atoms. The van der Waals surface area contributed by atoms with Gasteiger partial charge in [0.2, 0.25) is 0 Å². The number of likely N-dealkylation sites (tertiary alicyclic amines) is 1. The fourth-order valence-electron chi connectivity index (χ4n) is 1.79. The molecule has 0 aromatic carbocycles. The first-order chi connectivity index (χ1) is 6.86. The highest BCUT2D eigenvalue weighted by molar-refractivity contribution is 5.80. The maximum atomic E-state index is 7.69. The minimum Gasteiger partial charge on any atom is -0.360 e. The number of nitrogens with one attached hydrogen (secondary N) is 1. The van der Waals surface area contributed by atoms with Gasteiger partial charge in [0.25, 0.3) is 0 Å². The van der Waals surface area contributed by atoms with Crippen LogP contribution in [0.15, 0.2) is 24.5 Å². The van der Waals surface area contributed by atoms with Gasteiger partial charge in [-0.15, -0.1) is 0 Å². The second-order valence-electron chi connectivity index (χ2n) is 3.64. The molecule has 1 aliphatic rings. The van der Waals surface area contributed by atoms with Crippen molar-refractivity contribution >= 4 is 5.84 Å². The predicted molar refractivity (Wildman–Crippen MR) is 56.5 cm³/mol. The van der Waals surface area contributed by atoms with Crippen LogP contribution in [0.3, 0.4) is 0 Å². The Balaban J connectivity index is 1.85. The van der Waals surface area contributed by atoms with Gasteiger partial charge in [-0.1, -0.05) is 0 Å². The van der Waals surface area contributed by atoms with Crippen molar-refractivity contribution in [3.05, 3.63) is 30.1 Å². The molecule has 1 fully saturated rings. The van der Waals surface area contributed by atoms with Crippen LogP contribution in [0.5, 0.6) is 0 Å². The van der Waals surface area contributed by atoms with E-state index >= 15 is 0 Å². The van der Waals surface area contributed by atoms with Crippen LogP contribution < -0.4 is 0 Å². The molecule has 2 rings (SSSR count). The Morgan fingerprint density at radius 2 is 2.14 bits per heavy atom. The Bertz CT molecular complexity index is 308. The van der Waals surface area contributed by atoms with Crippen molar-refractivity contribution in [3.8, 4) is 0 Å². The lowest BCUT2D eigenvalue weighted by Gasteiger charge is -2.17. The van der Waals surface area contributed by atoms with E-state index in [0.29, 0.717) is 0 Å². The van der Waals surface area contributed by atoms with Gasteiger partial charge >= 0.3 is 0 Å². The van der Waals surface area contributed by atoms with E-state index in [9.17, 15) is 0 Å². The standard InChI is InChI=1S/C11H15N3/c12-11-2-1-8-14(11)9-5-10-3-6-13-7-4-10/h3-4,6-7,12H,1-2,5,8-9H2. The molecule has 74 valence electrons. The molecule has 0 radical (unpaired) electrons. The molecule has 0 atom stereocenters. The van der Waals surface area contributed by atoms with Gasteiger partial charge in [-0.25, -0.2) is 0 Å². The first-order valence-electron chi connectivity index (χ1n) is 5.07. The van der Waals surface area contributed by atoms with E-state index in [1.54, 1.807) is 0 Å². The maximum Gasteiger partial charge on any atom is 0.0958 e. The third-order valence-corrected chi connectivity index (χ3v) is 2.64. The van der Waals surface area contributed by atoms with Crippen LogP contribution in [0.4, 0.5) is 0 Å².